The molecule has 1 fully saturated rings. The Morgan fingerprint density at radius 1 is 1.08 bits per heavy atom. The van der Waals surface area contributed by atoms with Crippen LogP contribution in [0.15, 0.2) is 36.4 Å². The van der Waals surface area contributed by atoms with Gasteiger partial charge in [-0.05, 0) is 42.7 Å². The molecule has 1 amide bonds. The Kier molecular flexibility index (Phi) is 15.7. The molecule has 0 bridgehead atoms. The molecule has 0 radical (unpaired) electrons. The summed E-state index contributed by atoms with van der Waals surface area (Å²) in [6.45, 7) is 2.90. The van der Waals surface area contributed by atoms with E-state index in [0.717, 1.165) is 49.2 Å². The number of hydrogen-bond donors (Lipinski definition) is 1. The summed E-state index contributed by atoms with van der Waals surface area (Å²) in [7, 11) is 0. The number of esters is 2. The average Bonchev–Trinajstić information content (AvgIpc) is 3.25. The second-order valence-electron chi connectivity index (χ2n) is 9.44. The van der Waals surface area contributed by atoms with Gasteiger partial charge in [-0.25, -0.2) is 4.39 Å². The number of ether oxygens (including phenoxy) is 2. The molecule has 7 nitrogen and oxygen atoms in total. The number of rotatable bonds is 19. The zero-order chi connectivity index (χ0) is 27.6. The highest BCUT2D eigenvalue weighted by Crippen LogP contribution is 2.21. The Balaban J connectivity index is 1.53. The van der Waals surface area contributed by atoms with E-state index in [1.165, 1.54) is 12.1 Å². The van der Waals surface area contributed by atoms with Crippen molar-refractivity contribution in [2.24, 2.45) is 0 Å². The summed E-state index contributed by atoms with van der Waals surface area (Å²) in [6, 6.07) is 6.02. The van der Waals surface area contributed by atoms with Crippen molar-refractivity contribution in [3.63, 3.8) is 0 Å². The third-order valence-corrected chi connectivity index (χ3v) is 7.33. The summed E-state index contributed by atoms with van der Waals surface area (Å²) in [5.41, 5.74) is 0.847. The number of halogens is 1. The Morgan fingerprint density at radius 2 is 1.76 bits per heavy atom. The number of likely N-dealkylation sites (tertiary alicyclic amines) is 1. The fourth-order valence-electron chi connectivity index (χ4n) is 4.17. The maximum Gasteiger partial charge on any atom is 0.305 e. The van der Waals surface area contributed by atoms with Crippen LogP contribution in [0.1, 0.15) is 70.3 Å². The van der Waals surface area contributed by atoms with E-state index in [1.54, 1.807) is 30.0 Å². The van der Waals surface area contributed by atoms with Crippen LogP contribution >= 0.6 is 11.8 Å². The molecule has 1 aliphatic heterocycles. The average molecular weight is 552 g/mol. The molecule has 0 unspecified atom stereocenters. The van der Waals surface area contributed by atoms with Crippen molar-refractivity contribution in [3.05, 3.63) is 47.8 Å². The van der Waals surface area contributed by atoms with Gasteiger partial charge in [0.15, 0.2) is 0 Å². The van der Waals surface area contributed by atoms with E-state index >= 15 is 0 Å². The van der Waals surface area contributed by atoms with Gasteiger partial charge in [-0.1, -0.05) is 50.5 Å². The first-order valence-corrected chi connectivity index (χ1v) is 14.8. The summed E-state index contributed by atoms with van der Waals surface area (Å²) in [5, 5.41) is 10.3. The number of benzene rings is 1. The number of aliphatic hydroxyl groups is 1. The normalized spacial score (nSPS) is 16.2. The van der Waals surface area contributed by atoms with Gasteiger partial charge >= 0.3 is 11.9 Å². The van der Waals surface area contributed by atoms with Crippen molar-refractivity contribution in [2.75, 3.05) is 31.3 Å². The van der Waals surface area contributed by atoms with Crippen molar-refractivity contribution in [2.45, 2.75) is 83.3 Å². The standard InChI is InChI=1S/C29H42FNO6S/c1-2-3-4-5-7-28(34)36-18-19-37-29(35)8-6-20-38-21-17-31-25(14-16-27(31)33)13-15-26(32)22-23-9-11-24(30)12-10-23/h9-13,15,25-26,32H,2-8,14,16-22H2,1H3/t25-,26+/m0/s1. The van der Waals surface area contributed by atoms with Gasteiger partial charge in [-0.2, -0.15) is 11.8 Å². The van der Waals surface area contributed by atoms with Crippen LogP contribution in [0.5, 0.6) is 0 Å². The first-order valence-electron chi connectivity index (χ1n) is 13.7. The molecule has 1 heterocycles. The topological polar surface area (TPSA) is 93.1 Å². The van der Waals surface area contributed by atoms with Gasteiger partial charge < -0.3 is 19.5 Å². The lowest BCUT2D eigenvalue weighted by atomic mass is 10.1. The van der Waals surface area contributed by atoms with E-state index in [2.05, 4.69) is 6.92 Å². The highest BCUT2D eigenvalue weighted by atomic mass is 32.2. The molecular weight excluding hydrogens is 509 g/mol. The molecule has 0 aromatic heterocycles. The van der Waals surface area contributed by atoms with E-state index in [0.29, 0.717) is 38.6 Å². The Bertz CT molecular complexity index is 878. The molecule has 1 N–H and O–H groups in total. The quantitative estimate of drug-likeness (QED) is 0.149. The van der Waals surface area contributed by atoms with Crippen LogP contribution in [-0.2, 0) is 30.3 Å². The van der Waals surface area contributed by atoms with Crippen LogP contribution in [0, 0.1) is 5.82 Å². The van der Waals surface area contributed by atoms with Gasteiger partial charge in [0, 0.05) is 38.0 Å². The molecule has 2 rings (SSSR count). The molecule has 9 heteroatoms. The van der Waals surface area contributed by atoms with Gasteiger partial charge in [0.1, 0.15) is 19.0 Å². The fourth-order valence-corrected chi connectivity index (χ4v) is 5.05. The first kappa shape index (κ1) is 31.8. The number of carbonyl (C=O) groups excluding carboxylic acids is 3. The van der Waals surface area contributed by atoms with E-state index in [9.17, 15) is 23.9 Å². The van der Waals surface area contributed by atoms with Crippen molar-refractivity contribution in [3.8, 4) is 0 Å². The summed E-state index contributed by atoms with van der Waals surface area (Å²) in [5.74, 6) is 0.795. The highest BCUT2D eigenvalue weighted by Gasteiger charge is 2.28. The molecule has 212 valence electrons. The van der Waals surface area contributed by atoms with Gasteiger partial charge in [0.25, 0.3) is 0 Å². The number of hydrogen-bond acceptors (Lipinski definition) is 7. The van der Waals surface area contributed by atoms with Gasteiger partial charge in [-0.15, -0.1) is 0 Å². The van der Waals surface area contributed by atoms with Crippen LogP contribution in [0.25, 0.3) is 0 Å². The molecule has 0 spiro atoms. The minimum atomic E-state index is -0.699. The van der Waals surface area contributed by atoms with Crippen molar-refractivity contribution < 1.29 is 33.4 Å². The molecule has 1 aromatic rings. The predicted molar refractivity (Wildman–Crippen MR) is 147 cm³/mol. The molecule has 1 saturated heterocycles. The minimum Gasteiger partial charge on any atom is -0.462 e. The smallest absolute Gasteiger partial charge is 0.305 e. The minimum absolute atomic E-state index is 0.0358. The van der Waals surface area contributed by atoms with E-state index in [4.69, 9.17) is 9.47 Å². The van der Waals surface area contributed by atoms with E-state index in [1.807, 2.05) is 11.0 Å². The number of thioether (sulfide) groups is 1. The van der Waals surface area contributed by atoms with Crippen LogP contribution in [0.4, 0.5) is 4.39 Å². The lowest BCUT2D eigenvalue weighted by Crippen LogP contribution is -2.34. The SMILES string of the molecule is CCCCCCC(=O)OCCOC(=O)CCCSCCN1C(=O)CC[C@@H]1C=C[C@@H](O)Cc1ccc(F)cc1. The monoisotopic (exact) mass is 551 g/mol. The zero-order valence-electron chi connectivity index (χ0n) is 22.4. The Hall–Kier alpha value is -2.39. The third kappa shape index (κ3) is 13.4. The second kappa shape index (κ2) is 18.8. The molecule has 1 aromatic carbocycles. The highest BCUT2D eigenvalue weighted by molar-refractivity contribution is 7.99. The lowest BCUT2D eigenvalue weighted by molar-refractivity contribution is -0.152. The van der Waals surface area contributed by atoms with Gasteiger partial charge in [0.2, 0.25) is 5.91 Å². The summed E-state index contributed by atoms with van der Waals surface area (Å²) in [6.07, 6.45) is 9.99. The number of aliphatic hydroxyl groups excluding tert-OH is 1. The second-order valence-corrected chi connectivity index (χ2v) is 10.7. The van der Waals surface area contributed by atoms with E-state index in [-0.39, 0.29) is 42.9 Å². The summed E-state index contributed by atoms with van der Waals surface area (Å²) >= 11 is 1.68. The molecule has 1 aliphatic rings. The lowest BCUT2D eigenvalue weighted by Gasteiger charge is -2.22. The zero-order valence-corrected chi connectivity index (χ0v) is 23.3. The molecule has 38 heavy (non-hydrogen) atoms. The Labute approximate surface area is 230 Å². The first-order chi connectivity index (χ1) is 18.4. The van der Waals surface area contributed by atoms with Crippen molar-refractivity contribution in [1.29, 1.82) is 0 Å². The van der Waals surface area contributed by atoms with Crippen LogP contribution in [0.2, 0.25) is 0 Å². The van der Waals surface area contributed by atoms with Crippen molar-refractivity contribution in [1.82, 2.24) is 4.90 Å². The molecule has 2 atom stereocenters. The maximum atomic E-state index is 13.0. The van der Waals surface area contributed by atoms with Crippen LogP contribution < -0.4 is 0 Å². The largest absolute Gasteiger partial charge is 0.462 e. The van der Waals surface area contributed by atoms with Crippen LogP contribution in [-0.4, -0.2) is 71.3 Å². The number of carbonyl (C=O) groups is 3. The molecule has 0 saturated carbocycles. The van der Waals surface area contributed by atoms with E-state index < -0.39 is 6.10 Å². The third-order valence-electron chi connectivity index (χ3n) is 6.28. The Morgan fingerprint density at radius 3 is 2.45 bits per heavy atom. The van der Waals surface area contributed by atoms with Gasteiger partial charge in [0.05, 0.1) is 12.1 Å². The number of amides is 1. The summed E-state index contributed by atoms with van der Waals surface area (Å²) < 4.78 is 23.2. The fraction of sp³-hybridized carbons (Fsp3) is 0.621. The number of nitrogens with zero attached hydrogens (tertiary/aromatic N) is 1. The predicted octanol–water partition coefficient (Wildman–Crippen LogP) is 4.85. The van der Waals surface area contributed by atoms with Crippen molar-refractivity contribution >= 4 is 29.6 Å². The summed E-state index contributed by atoms with van der Waals surface area (Å²) in [4.78, 5) is 37.6. The maximum absolute atomic E-state index is 13.0. The number of unbranched alkanes of at least 4 members (excludes halogenated alkanes) is 3. The van der Waals surface area contributed by atoms with Crippen LogP contribution in [0.3, 0.4) is 0 Å². The molecule has 0 aliphatic carbocycles. The molecular formula is C29H42FNO6S. The van der Waals surface area contributed by atoms with Gasteiger partial charge in [-0.3, -0.25) is 14.4 Å².